The first-order chi connectivity index (χ1) is 9.47. The summed E-state index contributed by atoms with van der Waals surface area (Å²) in [7, 11) is 0. The number of nitrogens with one attached hydrogen (secondary N) is 1. The van der Waals surface area contributed by atoms with Crippen LogP contribution in [0.1, 0.15) is 43.5 Å². The summed E-state index contributed by atoms with van der Waals surface area (Å²) in [5.41, 5.74) is 6.70. The molecule has 106 valence electrons. The van der Waals surface area contributed by atoms with Crippen molar-refractivity contribution in [2.75, 3.05) is 0 Å². The molecule has 0 fully saturated rings. The lowest BCUT2D eigenvalue weighted by atomic mass is 9.96. The maximum Gasteiger partial charge on any atom is 0.0824 e. The summed E-state index contributed by atoms with van der Waals surface area (Å²) >= 11 is 0. The quantitative estimate of drug-likeness (QED) is 0.830. The SMILES string of the molecule is Cc1ccccc1C(NOC(C)(C)C)c1ccccc1. The Kier molecular flexibility index (Phi) is 4.58. The van der Waals surface area contributed by atoms with Crippen LogP contribution in [0.3, 0.4) is 0 Å². The zero-order valence-electron chi connectivity index (χ0n) is 12.7. The fraction of sp³-hybridized carbons (Fsp3) is 0.333. The summed E-state index contributed by atoms with van der Waals surface area (Å²) in [6.07, 6.45) is 0. The highest BCUT2D eigenvalue weighted by Gasteiger charge is 2.19. The van der Waals surface area contributed by atoms with Gasteiger partial charge in [0.15, 0.2) is 0 Å². The summed E-state index contributed by atoms with van der Waals surface area (Å²) < 4.78 is 0. The van der Waals surface area contributed by atoms with Crippen molar-refractivity contribution >= 4 is 0 Å². The number of hydroxylamine groups is 1. The average Bonchev–Trinajstić information content (AvgIpc) is 2.41. The number of rotatable bonds is 4. The first-order valence-electron chi connectivity index (χ1n) is 7.01. The summed E-state index contributed by atoms with van der Waals surface area (Å²) in [4.78, 5) is 5.81. The molecule has 1 N–H and O–H groups in total. The molecule has 0 saturated carbocycles. The Labute approximate surface area is 121 Å². The van der Waals surface area contributed by atoms with Crippen molar-refractivity contribution in [1.29, 1.82) is 0 Å². The minimum absolute atomic E-state index is 0.0385. The van der Waals surface area contributed by atoms with Crippen LogP contribution < -0.4 is 5.48 Å². The molecule has 1 atom stereocenters. The monoisotopic (exact) mass is 269 g/mol. The molecule has 0 spiro atoms. The smallest absolute Gasteiger partial charge is 0.0824 e. The molecule has 0 saturated heterocycles. The maximum absolute atomic E-state index is 5.81. The molecule has 0 bridgehead atoms. The molecule has 0 aliphatic rings. The Bertz CT molecular complexity index is 543. The van der Waals surface area contributed by atoms with Crippen molar-refractivity contribution in [3.8, 4) is 0 Å². The van der Waals surface area contributed by atoms with Crippen molar-refractivity contribution in [1.82, 2.24) is 5.48 Å². The molecule has 0 amide bonds. The summed E-state index contributed by atoms with van der Waals surface area (Å²) in [6, 6.07) is 18.8. The van der Waals surface area contributed by atoms with E-state index in [0.717, 1.165) is 0 Å². The van der Waals surface area contributed by atoms with Gasteiger partial charge in [-0.15, -0.1) is 0 Å². The van der Waals surface area contributed by atoms with Crippen molar-refractivity contribution in [3.05, 3.63) is 71.3 Å². The molecule has 2 aromatic carbocycles. The zero-order chi connectivity index (χ0) is 14.6. The highest BCUT2D eigenvalue weighted by Crippen LogP contribution is 2.25. The maximum atomic E-state index is 5.81. The van der Waals surface area contributed by atoms with Gasteiger partial charge in [0.25, 0.3) is 0 Å². The van der Waals surface area contributed by atoms with E-state index >= 15 is 0 Å². The van der Waals surface area contributed by atoms with Crippen LogP contribution in [-0.4, -0.2) is 5.60 Å². The Morgan fingerprint density at radius 1 is 0.900 bits per heavy atom. The third kappa shape index (κ3) is 3.92. The third-order valence-electron chi connectivity index (χ3n) is 3.12. The van der Waals surface area contributed by atoms with Crippen molar-refractivity contribution < 1.29 is 4.84 Å². The van der Waals surface area contributed by atoms with Gasteiger partial charge in [-0.3, -0.25) is 4.84 Å². The number of hydrogen-bond donors (Lipinski definition) is 1. The predicted octanol–water partition coefficient (Wildman–Crippen LogP) is 4.40. The molecule has 2 rings (SSSR count). The molecule has 0 aliphatic heterocycles. The fourth-order valence-electron chi connectivity index (χ4n) is 2.10. The standard InChI is InChI=1S/C18H23NO/c1-14-10-8-9-13-16(14)17(19-20-18(2,3)4)15-11-6-5-7-12-15/h5-13,17,19H,1-4H3. The first kappa shape index (κ1) is 14.8. The second-order valence-corrected chi connectivity index (χ2v) is 6.03. The van der Waals surface area contributed by atoms with Gasteiger partial charge in [0.2, 0.25) is 0 Å². The number of hydrogen-bond acceptors (Lipinski definition) is 2. The van der Waals surface area contributed by atoms with Gasteiger partial charge in [0.1, 0.15) is 0 Å². The molecule has 0 aromatic heterocycles. The van der Waals surface area contributed by atoms with E-state index in [0.29, 0.717) is 0 Å². The Hall–Kier alpha value is -1.64. The van der Waals surface area contributed by atoms with E-state index in [9.17, 15) is 0 Å². The van der Waals surface area contributed by atoms with E-state index in [1.165, 1.54) is 16.7 Å². The molecule has 20 heavy (non-hydrogen) atoms. The van der Waals surface area contributed by atoms with Gasteiger partial charge in [0, 0.05) is 0 Å². The lowest BCUT2D eigenvalue weighted by Gasteiger charge is -2.26. The number of aryl methyl sites for hydroxylation is 1. The van der Waals surface area contributed by atoms with Crippen LogP contribution in [0.5, 0.6) is 0 Å². The van der Waals surface area contributed by atoms with E-state index in [4.69, 9.17) is 4.84 Å². The largest absolute Gasteiger partial charge is 0.295 e. The summed E-state index contributed by atoms with van der Waals surface area (Å²) in [5.74, 6) is 0. The van der Waals surface area contributed by atoms with Crippen LogP contribution in [0.15, 0.2) is 54.6 Å². The van der Waals surface area contributed by atoms with Crippen LogP contribution >= 0.6 is 0 Å². The zero-order valence-corrected chi connectivity index (χ0v) is 12.7. The second kappa shape index (κ2) is 6.21. The van der Waals surface area contributed by atoms with Crippen molar-refractivity contribution in [2.24, 2.45) is 0 Å². The van der Waals surface area contributed by atoms with Gasteiger partial charge in [-0.25, -0.2) is 0 Å². The predicted molar refractivity (Wildman–Crippen MR) is 83.4 cm³/mol. The van der Waals surface area contributed by atoms with Crippen molar-refractivity contribution in [2.45, 2.75) is 39.3 Å². The third-order valence-corrected chi connectivity index (χ3v) is 3.12. The van der Waals surface area contributed by atoms with Crippen LogP contribution in [-0.2, 0) is 4.84 Å². The van der Waals surface area contributed by atoms with Crippen LogP contribution in [0.2, 0.25) is 0 Å². The molecule has 1 unspecified atom stereocenters. The van der Waals surface area contributed by atoms with Crippen LogP contribution in [0.4, 0.5) is 0 Å². The van der Waals surface area contributed by atoms with Crippen molar-refractivity contribution in [3.63, 3.8) is 0 Å². The van der Waals surface area contributed by atoms with Gasteiger partial charge in [-0.2, -0.15) is 5.48 Å². The minimum atomic E-state index is -0.226. The van der Waals surface area contributed by atoms with E-state index in [-0.39, 0.29) is 11.6 Å². The molecule has 2 heteroatoms. The summed E-state index contributed by atoms with van der Waals surface area (Å²) in [6.45, 7) is 8.25. The van der Waals surface area contributed by atoms with E-state index in [2.05, 4.69) is 60.9 Å². The molecular weight excluding hydrogens is 246 g/mol. The molecule has 0 aliphatic carbocycles. The fourth-order valence-corrected chi connectivity index (χ4v) is 2.10. The topological polar surface area (TPSA) is 21.3 Å². The van der Waals surface area contributed by atoms with Gasteiger partial charge in [-0.1, -0.05) is 54.6 Å². The van der Waals surface area contributed by atoms with Gasteiger partial charge < -0.3 is 0 Å². The highest BCUT2D eigenvalue weighted by molar-refractivity contribution is 5.36. The van der Waals surface area contributed by atoms with Crippen LogP contribution in [0.25, 0.3) is 0 Å². The van der Waals surface area contributed by atoms with E-state index < -0.39 is 0 Å². The van der Waals surface area contributed by atoms with Gasteiger partial charge in [0.05, 0.1) is 11.6 Å². The van der Waals surface area contributed by atoms with Crippen LogP contribution in [0, 0.1) is 6.92 Å². The molecule has 0 heterocycles. The first-order valence-corrected chi connectivity index (χ1v) is 7.01. The van der Waals surface area contributed by atoms with E-state index in [1.54, 1.807) is 0 Å². The second-order valence-electron chi connectivity index (χ2n) is 6.03. The molecular formula is C18H23NO. The minimum Gasteiger partial charge on any atom is -0.295 e. The lowest BCUT2D eigenvalue weighted by Crippen LogP contribution is -2.32. The number of benzene rings is 2. The Balaban J connectivity index is 2.32. The summed E-state index contributed by atoms with van der Waals surface area (Å²) in [5, 5.41) is 0. The molecule has 2 aromatic rings. The lowest BCUT2D eigenvalue weighted by molar-refractivity contribution is -0.0836. The van der Waals surface area contributed by atoms with Gasteiger partial charge >= 0.3 is 0 Å². The molecule has 2 nitrogen and oxygen atoms in total. The average molecular weight is 269 g/mol. The highest BCUT2D eigenvalue weighted by atomic mass is 16.7. The van der Waals surface area contributed by atoms with Gasteiger partial charge in [-0.05, 0) is 44.4 Å². The van der Waals surface area contributed by atoms with E-state index in [1.807, 2.05) is 26.8 Å². The molecule has 0 radical (unpaired) electrons. The Morgan fingerprint density at radius 2 is 1.50 bits per heavy atom. The Morgan fingerprint density at radius 3 is 2.10 bits per heavy atom. The normalized spacial score (nSPS) is 13.2.